The van der Waals surface area contributed by atoms with Gasteiger partial charge in [-0.1, -0.05) is 41.9 Å². The van der Waals surface area contributed by atoms with Crippen LogP contribution in [0.15, 0.2) is 83.9 Å². The molecule has 0 aliphatic carbocycles. The molecule has 0 saturated carbocycles. The van der Waals surface area contributed by atoms with Crippen LogP contribution in [-0.2, 0) is 11.3 Å². The maximum absolute atomic E-state index is 12.6. The van der Waals surface area contributed by atoms with Crippen LogP contribution in [-0.4, -0.2) is 15.5 Å². The van der Waals surface area contributed by atoms with E-state index < -0.39 is 0 Å². The van der Waals surface area contributed by atoms with Gasteiger partial charge in [0.1, 0.15) is 5.75 Å². The fourth-order valence-electron chi connectivity index (χ4n) is 3.00. The van der Waals surface area contributed by atoms with E-state index in [9.17, 15) is 9.59 Å². The number of anilines is 1. The van der Waals surface area contributed by atoms with Crippen molar-refractivity contribution in [1.82, 2.24) is 9.55 Å². The number of hydrogen-bond donors (Lipinski definition) is 1. The number of aromatic nitrogens is 2. The summed E-state index contributed by atoms with van der Waals surface area (Å²) in [6.07, 6.45) is 1.55. The largest absolute Gasteiger partial charge is 0.455 e. The van der Waals surface area contributed by atoms with Gasteiger partial charge in [0.05, 0.1) is 22.9 Å². The molecule has 1 amide bonds. The van der Waals surface area contributed by atoms with Crippen molar-refractivity contribution in [3.05, 3.63) is 94.5 Å². The number of aryl methyl sites for hydroxylation is 1. The zero-order chi connectivity index (χ0) is 20.9. The fourth-order valence-corrected chi connectivity index (χ4v) is 3.18. The summed E-state index contributed by atoms with van der Waals surface area (Å²) in [6.45, 7) is 0.206. The molecule has 0 aliphatic rings. The van der Waals surface area contributed by atoms with Gasteiger partial charge in [-0.2, -0.15) is 0 Å². The van der Waals surface area contributed by atoms with Crippen LogP contribution in [0.5, 0.6) is 11.5 Å². The average Bonchev–Trinajstić information content (AvgIpc) is 2.76. The monoisotopic (exact) mass is 419 g/mol. The number of fused-ring (bicyclic) bond motifs is 1. The van der Waals surface area contributed by atoms with Crippen LogP contribution < -0.4 is 15.6 Å². The predicted molar refractivity (Wildman–Crippen MR) is 117 cm³/mol. The van der Waals surface area contributed by atoms with Crippen LogP contribution in [0.25, 0.3) is 10.9 Å². The zero-order valence-electron chi connectivity index (χ0n) is 15.9. The maximum atomic E-state index is 12.6. The van der Waals surface area contributed by atoms with Crippen molar-refractivity contribution in [3.63, 3.8) is 0 Å². The van der Waals surface area contributed by atoms with E-state index in [4.69, 9.17) is 16.3 Å². The minimum atomic E-state index is -0.268. The molecule has 0 fully saturated rings. The summed E-state index contributed by atoms with van der Waals surface area (Å²) in [4.78, 5) is 29.4. The highest BCUT2D eigenvalue weighted by Gasteiger charge is 2.11. The number of amides is 1. The summed E-state index contributed by atoms with van der Waals surface area (Å²) in [5.41, 5.74) is 0.912. The Morgan fingerprint density at radius 3 is 2.63 bits per heavy atom. The summed E-state index contributed by atoms with van der Waals surface area (Å²) in [7, 11) is 0. The first kappa shape index (κ1) is 19.7. The van der Waals surface area contributed by atoms with Crippen molar-refractivity contribution in [2.45, 2.75) is 13.0 Å². The van der Waals surface area contributed by atoms with E-state index in [0.29, 0.717) is 33.1 Å². The summed E-state index contributed by atoms with van der Waals surface area (Å²) in [5, 5.41) is 3.81. The fraction of sp³-hybridized carbons (Fsp3) is 0.0870. The molecule has 0 atom stereocenters. The van der Waals surface area contributed by atoms with Gasteiger partial charge < -0.3 is 10.1 Å². The number of carbonyl (C=O) groups is 1. The van der Waals surface area contributed by atoms with E-state index >= 15 is 0 Å². The van der Waals surface area contributed by atoms with Gasteiger partial charge in [-0.3, -0.25) is 14.2 Å². The number of hydrogen-bond acceptors (Lipinski definition) is 4. The Hall–Kier alpha value is -3.64. The molecule has 1 N–H and O–H groups in total. The standard InChI is InChI=1S/C23H18ClN3O3/c24-16-10-11-21(30-17-6-2-1-3-7-17)20(14-16)26-22(28)12-13-27-15-25-19-9-5-4-8-18(19)23(27)29/h1-11,14-15H,12-13H2,(H,26,28). The van der Waals surface area contributed by atoms with Crippen molar-refractivity contribution in [1.29, 1.82) is 0 Å². The van der Waals surface area contributed by atoms with Gasteiger partial charge in [-0.15, -0.1) is 0 Å². The number of nitrogens with one attached hydrogen (secondary N) is 1. The molecule has 0 spiro atoms. The van der Waals surface area contributed by atoms with Crippen molar-refractivity contribution < 1.29 is 9.53 Å². The summed E-state index contributed by atoms with van der Waals surface area (Å²) in [5.74, 6) is 0.850. The Kier molecular flexibility index (Phi) is 5.77. The molecule has 4 rings (SSSR count). The molecule has 1 aromatic heterocycles. The molecule has 1 heterocycles. The highest BCUT2D eigenvalue weighted by atomic mass is 35.5. The van der Waals surface area contributed by atoms with Gasteiger partial charge in [0.15, 0.2) is 5.75 Å². The number of halogens is 1. The lowest BCUT2D eigenvalue weighted by atomic mass is 10.2. The number of rotatable bonds is 6. The van der Waals surface area contributed by atoms with Crippen molar-refractivity contribution in [2.24, 2.45) is 0 Å². The second-order valence-electron chi connectivity index (χ2n) is 6.61. The third-order valence-electron chi connectivity index (χ3n) is 4.50. The topological polar surface area (TPSA) is 73.2 Å². The Morgan fingerprint density at radius 1 is 1.03 bits per heavy atom. The molecule has 0 unspecified atom stereocenters. The molecule has 0 saturated heterocycles. The van der Waals surface area contributed by atoms with Crippen LogP contribution in [0.1, 0.15) is 6.42 Å². The first-order valence-corrected chi connectivity index (χ1v) is 9.74. The second-order valence-corrected chi connectivity index (χ2v) is 7.05. The predicted octanol–water partition coefficient (Wildman–Crippen LogP) is 4.87. The Labute approximate surface area is 177 Å². The van der Waals surface area contributed by atoms with Gasteiger partial charge in [0.2, 0.25) is 5.91 Å². The lowest BCUT2D eigenvalue weighted by Crippen LogP contribution is -2.23. The zero-order valence-corrected chi connectivity index (χ0v) is 16.7. The van der Waals surface area contributed by atoms with Crippen molar-refractivity contribution in [3.8, 4) is 11.5 Å². The minimum Gasteiger partial charge on any atom is -0.455 e. The van der Waals surface area contributed by atoms with E-state index in [1.165, 1.54) is 10.9 Å². The molecule has 30 heavy (non-hydrogen) atoms. The summed E-state index contributed by atoms with van der Waals surface area (Å²) >= 11 is 6.09. The van der Waals surface area contributed by atoms with Crippen LogP contribution in [0.3, 0.4) is 0 Å². The molecule has 3 aromatic carbocycles. The number of para-hydroxylation sites is 2. The molecule has 6 nitrogen and oxygen atoms in total. The lowest BCUT2D eigenvalue weighted by molar-refractivity contribution is -0.116. The smallest absolute Gasteiger partial charge is 0.261 e. The van der Waals surface area contributed by atoms with Gasteiger partial charge in [-0.05, 0) is 42.5 Å². The quantitative estimate of drug-likeness (QED) is 0.484. The number of ether oxygens (including phenoxy) is 1. The van der Waals surface area contributed by atoms with Crippen LogP contribution >= 0.6 is 11.6 Å². The molecule has 7 heteroatoms. The molecular formula is C23H18ClN3O3. The van der Waals surface area contributed by atoms with Crippen LogP contribution in [0, 0.1) is 0 Å². The van der Waals surface area contributed by atoms with Crippen LogP contribution in [0.4, 0.5) is 5.69 Å². The van der Waals surface area contributed by atoms with E-state index in [1.54, 1.807) is 36.4 Å². The molecule has 0 radical (unpaired) electrons. The molecule has 150 valence electrons. The first-order chi connectivity index (χ1) is 14.6. The van der Waals surface area contributed by atoms with Gasteiger partial charge in [-0.25, -0.2) is 4.98 Å². The molecular weight excluding hydrogens is 402 g/mol. The first-order valence-electron chi connectivity index (χ1n) is 9.36. The van der Waals surface area contributed by atoms with E-state index in [1.807, 2.05) is 36.4 Å². The summed E-state index contributed by atoms with van der Waals surface area (Å²) < 4.78 is 7.29. The average molecular weight is 420 g/mol. The highest BCUT2D eigenvalue weighted by Crippen LogP contribution is 2.32. The molecule has 0 bridgehead atoms. The highest BCUT2D eigenvalue weighted by molar-refractivity contribution is 6.31. The number of benzene rings is 3. The van der Waals surface area contributed by atoms with Gasteiger partial charge in [0.25, 0.3) is 5.56 Å². The van der Waals surface area contributed by atoms with E-state index in [2.05, 4.69) is 10.3 Å². The van der Waals surface area contributed by atoms with E-state index in [-0.39, 0.29) is 24.4 Å². The van der Waals surface area contributed by atoms with Crippen molar-refractivity contribution >= 4 is 34.1 Å². The Bertz CT molecular complexity index is 1260. The third-order valence-corrected chi connectivity index (χ3v) is 4.73. The lowest BCUT2D eigenvalue weighted by Gasteiger charge is -2.13. The van der Waals surface area contributed by atoms with Gasteiger partial charge >= 0.3 is 0 Å². The third kappa shape index (κ3) is 4.50. The molecule has 0 aliphatic heterocycles. The second kappa shape index (κ2) is 8.80. The SMILES string of the molecule is O=C(CCn1cnc2ccccc2c1=O)Nc1cc(Cl)ccc1Oc1ccccc1. The maximum Gasteiger partial charge on any atom is 0.261 e. The number of carbonyl (C=O) groups excluding carboxylic acids is 1. The Balaban J connectivity index is 1.47. The summed E-state index contributed by atoms with van der Waals surface area (Å²) in [6, 6.07) is 21.4. The van der Waals surface area contributed by atoms with Gasteiger partial charge in [0, 0.05) is 18.0 Å². The molecule has 4 aromatic rings. The normalized spacial score (nSPS) is 10.7. The van der Waals surface area contributed by atoms with Crippen molar-refractivity contribution in [2.75, 3.05) is 5.32 Å². The minimum absolute atomic E-state index is 0.0945. The van der Waals surface area contributed by atoms with E-state index in [0.717, 1.165) is 0 Å². The van der Waals surface area contributed by atoms with Crippen LogP contribution in [0.2, 0.25) is 5.02 Å². The number of nitrogens with zero attached hydrogens (tertiary/aromatic N) is 2. The Morgan fingerprint density at radius 2 is 1.80 bits per heavy atom.